The van der Waals surface area contributed by atoms with Gasteiger partial charge in [-0.2, -0.15) is 11.8 Å². The Morgan fingerprint density at radius 2 is 2.46 bits per heavy atom. The molecule has 0 saturated carbocycles. The van der Waals surface area contributed by atoms with E-state index in [1.54, 1.807) is 0 Å². The molecule has 1 fully saturated rings. The Labute approximate surface area is 84.4 Å². The number of ether oxygens (including phenoxy) is 1. The van der Waals surface area contributed by atoms with E-state index in [-0.39, 0.29) is 12.6 Å². The fraction of sp³-hybridized carbons (Fsp3) is 1.00. The zero-order valence-corrected chi connectivity index (χ0v) is 9.05. The second-order valence-corrected chi connectivity index (χ2v) is 4.54. The van der Waals surface area contributed by atoms with Crippen LogP contribution in [0.1, 0.15) is 6.92 Å². The van der Waals surface area contributed by atoms with Gasteiger partial charge in [0.05, 0.1) is 25.9 Å². The second kappa shape index (κ2) is 6.65. The van der Waals surface area contributed by atoms with Gasteiger partial charge in [0.25, 0.3) is 0 Å². The van der Waals surface area contributed by atoms with Gasteiger partial charge in [-0.05, 0) is 5.75 Å². The third kappa shape index (κ3) is 3.85. The predicted molar refractivity (Wildman–Crippen MR) is 56.3 cm³/mol. The molecule has 0 aromatic rings. The number of rotatable bonds is 5. The lowest BCUT2D eigenvalue weighted by atomic mass is 10.2. The third-order valence-electron chi connectivity index (χ3n) is 2.29. The molecule has 1 unspecified atom stereocenters. The summed E-state index contributed by atoms with van der Waals surface area (Å²) in [6.45, 7) is 5.94. The first kappa shape index (κ1) is 11.3. The number of nitrogens with zero attached hydrogens (tertiary/aromatic N) is 1. The van der Waals surface area contributed by atoms with Crippen LogP contribution >= 0.6 is 11.8 Å². The highest BCUT2D eigenvalue weighted by Gasteiger charge is 2.21. The zero-order chi connectivity index (χ0) is 9.52. The van der Waals surface area contributed by atoms with Crippen LogP contribution in [0.5, 0.6) is 0 Å². The largest absolute Gasteiger partial charge is 0.395 e. The fourth-order valence-electron chi connectivity index (χ4n) is 1.48. The van der Waals surface area contributed by atoms with Gasteiger partial charge in [0.15, 0.2) is 0 Å². The number of hydrogen-bond acceptors (Lipinski definition) is 4. The molecule has 1 aliphatic heterocycles. The van der Waals surface area contributed by atoms with Crippen molar-refractivity contribution in [3.63, 3.8) is 0 Å². The van der Waals surface area contributed by atoms with Gasteiger partial charge in [-0.3, -0.25) is 4.90 Å². The van der Waals surface area contributed by atoms with E-state index in [4.69, 9.17) is 9.84 Å². The molecule has 3 nitrogen and oxygen atoms in total. The van der Waals surface area contributed by atoms with Crippen molar-refractivity contribution in [2.75, 3.05) is 44.4 Å². The van der Waals surface area contributed by atoms with Gasteiger partial charge in [0, 0.05) is 18.8 Å². The molecular formula is C9H19NO2S. The molecule has 0 spiro atoms. The summed E-state index contributed by atoms with van der Waals surface area (Å²) in [5.74, 6) is 2.33. The molecule has 13 heavy (non-hydrogen) atoms. The van der Waals surface area contributed by atoms with Crippen molar-refractivity contribution in [1.82, 2.24) is 4.90 Å². The summed E-state index contributed by atoms with van der Waals surface area (Å²) in [6.07, 6.45) is 0. The van der Waals surface area contributed by atoms with Gasteiger partial charge in [-0.1, -0.05) is 6.92 Å². The van der Waals surface area contributed by atoms with E-state index in [0.717, 1.165) is 25.4 Å². The fourth-order valence-corrected chi connectivity index (χ4v) is 2.13. The standard InChI is InChI=1S/C9H19NO2S/c1-2-13-6-4-10-3-5-12-8-9(10)7-11/h9,11H,2-8H2,1H3. The Bertz CT molecular complexity index is 135. The number of aliphatic hydroxyl groups is 1. The molecule has 0 bridgehead atoms. The summed E-state index contributed by atoms with van der Waals surface area (Å²) in [4.78, 5) is 2.33. The van der Waals surface area contributed by atoms with Crippen molar-refractivity contribution >= 4 is 11.8 Å². The maximum absolute atomic E-state index is 9.09. The second-order valence-electron chi connectivity index (χ2n) is 3.14. The predicted octanol–water partition coefficient (Wildman–Crippen LogP) is 0.433. The highest BCUT2D eigenvalue weighted by atomic mass is 32.2. The van der Waals surface area contributed by atoms with Gasteiger partial charge >= 0.3 is 0 Å². The molecule has 0 radical (unpaired) electrons. The highest BCUT2D eigenvalue weighted by molar-refractivity contribution is 7.99. The molecule has 1 atom stereocenters. The first-order chi connectivity index (χ1) is 6.38. The van der Waals surface area contributed by atoms with Crippen molar-refractivity contribution in [3.05, 3.63) is 0 Å². The van der Waals surface area contributed by atoms with Crippen molar-refractivity contribution in [2.45, 2.75) is 13.0 Å². The van der Waals surface area contributed by atoms with Crippen LogP contribution < -0.4 is 0 Å². The molecule has 0 aromatic carbocycles. The van der Waals surface area contributed by atoms with Crippen molar-refractivity contribution in [2.24, 2.45) is 0 Å². The molecule has 0 aliphatic carbocycles. The lowest BCUT2D eigenvalue weighted by molar-refractivity contribution is -0.0243. The molecule has 0 aromatic heterocycles. The quantitative estimate of drug-likeness (QED) is 0.660. The van der Waals surface area contributed by atoms with E-state index >= 15 is 0 Å². The van der Waals surface area contributed by atoms with Gasteiger partial charge in [-0.25, -0.2) is 0 Å². The molecule has 1 N–H and O–H groups in total. The van der Waals surface area contributed by atoms with E-state index in [1.807, 2.05) is 11.8 Å². The van der Waals surface area contributed by atoms with Gasteiger partial charge < -0.3 is 9.84 Å². The Kier molecular flexibility index (Phi) is 5.78. The molecule has 4 heteroatoms. The molecule has 1 rings (SSSR count). The Morgan fingerprint density at radius 3 is 3.15 bits per heavy atom. The smallest absolute Gasteiger partial charge is 0.0644 e. The van der Waals surface area contributed by atoms with Crippen LogP contribution in [0.2, 0.25) is 0 Å². The summed E-state index contributed by atoms with van der Waals surface area (Å²) >= 11 is 1.95. The minimum absolute atomic E-state index is 0.219. The third-order valence-corrected chi connectivity index (χ3v) is 3.17. The Morgan fingerprint density at radius 1 is 1.62 bits per heavy atom. The van der Waals surface area contributed by atoms with Crippen LogP contribution in [0, 0.1) is 0 Å². The minimum atomic E-state index is 0.219. The minimum Gasteiger partial charge on any atom is -0.395 e. The van der Waals surface area contributed by atoms with Crippen LogP contribution in [-0.2, 0) is 4.74 Å². The van der Waals surface area contributed by atoms with E-state index in [9.17, 15) is 0 Å². The lowest BCUT2D eigenvalue weighted by Crippen LogP contribution is -2.48. The maximum atomic E-state index is 9.09. The summed E-state index contributed by atoms with van der Waals surface area (Å²) in [7, 11) is 0. The average molecular weight is 205 g/mol. The zero-order valence-electron chi connectivity index (χ0n) is 8.24. The van der Waals surface area contributed by atoms with E-state index in [1.165, 1.54) is 5.75 Å². The van der Waals surface area contributed by atoms with Crippen LogP contribution in [0.3, 0.4) is 0 Å². The van der Waals surface area contributed by atoms with Crippen molar-refractivity contribution in [1.29, 1.82) is 0 Å². The summed E-state index contributed by atoms with van der Waals surface area (Å²) in [6, 6.07) is 0.228. The molecular weight excluding hydrogens is 186 g/mol. The SMILES string of the molecule is CCSCCN1CCOCC1CO. The van der Waals surface area contributed by atoms with Crippen LogP contribution in [0.25, 0.3) is 0 Å². The molecule has 1 saturated heterocycles. The number of aliphatic hydroxyl groups excluding tert-OH is 1. The number of hydrogen-bond donors (Lipinski definition) is 1. The van der Waals surface area contributed by atoms with Crippen LogP contribution in [0.4, 0.5) is 0 Å². The van der Waals surface area contributed by atoms with Crippen molar-refractivity contribution in [3.8, 4) is 0 Å². The Balaban J connectivity index is 2.19. The normalized spacial score (nSPS) is 24.9. The number of morpholine rings is 1. The average Bonchev–Trinajstić information content (AvgIpc) is 2.19. The summed E-state index contributed by atoms with van der Waals surface area (Å²) in [5, 5.41) is 9.09. The van der Waals surface area contributed by atoms with Gasteiger partial charge in [0.1, 0.15) is 0 Å². The molecule has 1 heterocycles. The number of thioether (sulfide) groups is 1. The lowest BCUT2D eigenvalue weighted by Gasteiger charge is -2.34. The van der Waals surface area contributed by atoms with Gasteiger partial charge in [-0.15, -0.1) is 0 Å². The van der Waals surface area contributed by atoms with Crippen molar-refractivity contribution < 1.29 is 9.84 Å². The van der Waals surface area contributed by atoms with Crippen LogP contribution in [-0.4, -0.2) is 60.5 Å². The first-order valence-corrected chi connectivity index (χ1v) is 6.04. The van der Waals surface area contributed by atoms with Crippen LogP contribution in [0.15, 0.2) is 0 Å². The maximum Gasteiger partial charge on any atom is 0.0644 e. The topological polar surface area (TPSA) is 32.7 Å². The molecule has 1 aliphatic rings. The summed E-state index contributed by atoms with van der Waals surface area (Å²) in [5.41, 5.74) is 0. The summed E-state index contributed by atoms with van der Waals surface area (Å²) < 4.78 is 5.30. The van der Waals surface area contributed by atoms with E-state index in [0.29, 0.717) is 6.61 Å². The molecule has 0 amide bonds. The monoisotopic (exact) mass is 205 g/mol. The Hall–Kier alpha value is 0.230. The molecule has 78 valence electrons. The van der Waals surface area contributed by atoms with E-state index < -0.39 is 0 Å². The van der Waals surface area contributed by atoms with Gasteiger partial charge in [0.2, 0.25) is 0 Å². The highest BCUT2D eigenvalue weighted by Crippen LogP contribution is 2.08. The first-order valence-electron chi connectivity index (χ1n) is 4.89. The van der Waals surface area contributed by atoms with E-state index in [2.05, 4.69) is 11.8 Å².